The van der Waals surface area contributed by atoms with Gasteiger partial charge in [-0.3, -0.25) is 9.59 Å². The summed E-state index contributed by atoms with van der Waals surface area (Å²) in [7, 11) is 1.77. The van der Waals surface area contributed by atoms with E-state index in [0.717, 1.165) is 31.6 Å². The first-order chi connectivity index (χ1) is 11.3. The maximum Gasteiger partial charge on any atom is 0.260 e. The van der Waals surface area contributed by atoms with Crippen molar-refractivity contribution in [3.8, 4) is 5.75 Å². The number of ether oxygens (including phenoxy) is 1. The van der Waals surface area contributed by atoms with Gasteiger partial charge < -0.3 is 14.5 Å². The van der Waals surface area contributed by atoms with Crippen molar-refractivity contribution in [2.45, 2.75) is 40.0 Å². The third kappa shape index (κ3) is 4.73. The van der Waals surface area contributed by atoms with E-state index in [2.05, 4.69) is 0 Å². The molecule has 0 aliphatic carbocycles. The molecule has 1 heterocycles. The molecule has 2 rings (SSSR count). The molecule has 0 aromatic heterocycles. The maximum absolute atomic E-state index is 12.3. The number of carbonyl (C=O) groups is 2. The quantitative estimate of drug-likeness (QED) is 0.851. The molecular weight excluding hydrogens is 304 g/mol. The van der Waals surface area contributed by atoms with Crippen LogP contribution < -0.4 is 9.64 Å². The van der Waals surface area contributed by atoms with E-state index in [1.807, 2.05) is 37.8 Å². The number of hydrogen-bond donors (Lipinski definition) is 0. The molecule has 132 valence electrons. The van der Waals surface area contributed by atoms with Crippen molar-refractivity contribution in [1.82, 2.24) is 4.90 Å². The van der Waals surface area contributed by atoms with E-state index in [-0.39, 0.29) is 18.4 Å². The molecular formula is C19H28N2O3. The Morgan fingerprint density at radius 2 is 1.67 bits per heavy atom. The highest BCUT2D eigenvalue weighted by atomic mass is 16.5. The number of nitrogens with zero attached hydrogens (tertiary/aromatic N) is 2. The molecule has 0 bridgehead atoms. The van der Waals surface area contributed by atoms with Gasteiger partial charge in [0, 0.05) is 31.2 Å². The standard InChI is InChI=1S/C19H28N2O3/c1-19(2,3)18(23)20(4)15-8-10-16(11-9-15)24-14-17(22)21-12-6-5-7-13-21/h8-11H,5-7,12-14H2,1-4H3. The largest absolute Gasteiger partial charge is 0.484 e. The molecule has 0 radical (unpaired) electrons. The van der Waals surface area contributed by atoms with Crippen LogP contribution in [0.15, 0.2) is 24.3 Å². The van der Waals surface area contributed by atoms with Crippen LogP contribution in [0.2, 0.25) is 0 Å². The Labute approximate surface area is 144 Å². The number of likely N-dealkylation sites (tertiary alicyclic amines) is 1. The SMILES string of the molecule is CN(C(=O)C(C)(C)C)c1ccc(OCC(=O)N2CCCCC2)cc1. The van der Waals surface area contributed by atoms with Gasteiger partial charge in [-0.1, -0.05) is 20.8 Å². The zero-order valence-electron chi connectivity index (χ0n) is 15.2. The van der Waals surface area contributed by atoms with Gasteiger partial charge in [-0.2, -0.15) is 0 Å². The van der Waals surface area contributed by atoms with Gasteiger partial charge in [0.15, 0.2) is 6.61 Å². The Balaban J connectivity index is 1.90. The summed E-state index contributed by atoms with van der Waals surface area (Å²) in [6, 6.07) is 7.27. The normalized spacial score (nSPS) is 15.1. The lowest BCUT2D eigenvalue weighted by Crippen LogP contribution is -2.38. The van der Waals surface area contributed by atoms with Crippen LogP contribution in [0.5, 0.6) is 5.75 Å². The van der Waals surface area contributed by atoms with Gasteiger partial charge in [0.2, 0.25) is 5.91 Å². The fourth-order valence-electron chi connectivity index (χ4n) is 2.77. The van der Waals surface area contributed by atoms with Crippen LogP contribution in [0.3, 0.4) is 0 Å². The number of hydrogen-bond acceptors (Lipinski definition) is 3. The number of benzene rings is 1. The molecule has 0 atom stereocenters. The lowest BCUT2D eigenvalue weighted by atomic mass is 9.95. The summed E-state index contributed by atoms with van der Waals surface area (Å²) in [6.07, 6.45) is 3.36. The summed E-state index contributed by atoms with van der Waals surface area (Å²) in [6.45, 7) is 7.43. The average molecular weight is 332 g/mol. The zero-order chi connectivity index (χ0) is 17.7. The predicted molar refractivity (Wildman–Crippen MR) is 95.2 cm³/mol. The highest BCUT2D eigenvalue weighted by molar-refractivity contribution is 5.96. The molecule has 1 aromatic carbocycles. The van der Waals surface area contributed by atoms with Crippen molar-refractivity contribution in [2.75, 3.05) is 31.6 Å². The molecule has 1 aliphatic rings. The van der Waals surface area contributed by atoms with Crippen LogP contribution in [-0.2, 0) is 9.59 Å². The van der Waals surface area contributed by atoms with Crippen molar-refractivity contribution < 1.29 is 14.3 Å². The minimum atomic E-state index is -0.426. The molecule has 2 amide bonds. The van der Waals surface area contributed by atoms with Crippen LogP contribution in [0, 0.1) is 5.41 Å². The highest BCUT2D eigenvalue weighted by Gasteiger charge is 2.25. The zero-order valence-corrected chi connectivity index (χ0v) is 15.2. The molecule has 0 unspecified atom stereocenters. The number of rotatable bonds is 4. The first kappa shape index (κ1) is 18.3. The van der Waals surface area contributed by atoms with Crippen molar-refractivity contribution in [2.24, 2.45) is 5.41 Å². The summed E-state index contributed by atoms with van der Waals surface area (Å²) in [4.78, 5) is 27.9. The van der Waals surface area contributed by atoms with Gasteiger partial charge in [0.1, 0.15) is 5.75 Å². The lowest BCUT2D eigenvalue weighted by molar-refractivity contribution is -0.134. The van der Waals surface area contributed by atoms with Crippen LogP contribution in [-0.4, -0.2) is 43.5 Å². The van der Waals surface area contributed by atoms with Gasteiger partial charge in [-0.25, -0.2) is 0 Å². The highest BCUT2D eigenvalue weighted by Crippen LogP contribution is 2.24. The molecule has 1 aliphatic heterocycles. The second-order valence-electron chi connectivity index (χ2n) is 7.34. The molecule has 1 aromatic rings. The lowest BCUT2D eigenvalue weighted by Gasteiger charge is -2.27. The first-order valence-electron chi connectivity index (χ1n) is 8.58. The first-order valence-corrected chi connectivity index (χ1v) is 8.58. The van der Waals surface area contributed by atoms with Crippen molar-refractivity contribution in [3.63, 3.8) is 0 Å². The number of anilines is 1. The molecule has 0 N–H and O–H groups in total. The third-order valence-electron chi connectivity index (χ3n) is 4.24. The van der Waals surface area contributed by atoms with Crippen molar-refractivity contribution in [1.29, 1.82) is 0 Å². The predicted octanol–water partition coefficient (Wildman–Crippen LogP) is 3.09. The second-order valence-corrected chi connectivity index (χ2v) is 7.34. The number of piperidine rings is 1. The minimum absolute atomic E-state index is 0.0406. The van der Waals surface area contributed by atoms with E-state index < -0.39 is 5.41 Å². The molecule has 1 saturated heterocycles. The van der Waals surface area contributed by atoms with Gasteiger partial charge in [-0.15, -0.1) is 0 Å². The molecule has 0 saturated carbocycles. The molecule has 5 nitrogen and oxygen atoms in total. The smallest absolute Gasteiger partial charge is 0.260 e. The topological polar surface area (TPSA) is 49.9 Å². The molecule has 5 heteroatoms. The maximum atomic E-state index is 12.3. The van der Waals surface area contributed by atoms with E-state index in [9.17, 15) is 9.59 Å². The Morgan fingerprint density at radius 3 is 2.21 bits per heavy atom. The van der Waals surface area contributed by atoms with Crippen molar-refractivity contribution in [3.05, 3.63) is 24.3 Å². The average Bonchev–Trinajstić information content (AvgIpc) is 2.58. The fraction of sp³-hybridized carbons (Fsp3) is 0.579. The van der Waals surface area contributed by atoms with Crippen LogP contribution in [0.4, 0.5) is 5.69 Å². The molecule has 0 spiro atoms. The second kappa shape index (κ2) is 7.69. The Morgan fingerprint density at radius 1 is 1.08 bits per heavy atom. The summed E-state index contributed by atoms with van der Waals surface area (Å²) in [5.41, 5.74) is 0.384. The van der Waals surface area contributed by atoms with Gasteiger partial charge in [0.05, 0.1) is 0 Å². The van der Waals surface area contributed by atoms with Crippen LogP contribution in [0.1, 0.15) is 40.0 Å². The molecule has 24 heavy (non-hydrogen) atoms. The third-order valence-corrected chi connectivity index (χ3v) is 4.24. The Hall–Kier alpha value is -2.04. The van der Waals surface area contributed by atoms with E-state index in [0.29, 0.717) is 5.75 Å². The van der Waals surface area contributed by atoms with Gasteiger partial charge >= 0.3 is 0 Å². The van der Waals surface area contributed by atoms with E-state index in [1.165, 1.54) is 6.42 Å². The van der Waals surface area contributed by atoms with Crippen molar-refractivity contribution >= 4 is 17.5 Å². The summed E-state index contributed by atoms with van der Waals surface area (Å²) in [5, 5.41) is 0. The van der Waals surface area contributed by atoms with Crippen LogP contribution in [0.25, 0.3) is 0 Å². The fourth-order valence-corrected chi connectivity index (χ4v) is 2.77. The monoisotopic (exact) mass is 332 g/mol. The minimum Gasteiger partial charge on any atom is -0.484 e. The Bertz CT molecular complexity index is 569. The van der Waals surface area contributed by atoms with E-state index in [4.69, 9.17) is 4.74 Å². The van der Waals surface area contributed by atoms with Crippen LogP contribution >= 0.6 is 0 Å². The van der Waals surface area contributed by atoms with E-state index in [1.54, 1.807) is 24.1 Å². The summed E-state index contributed by atoms with van der Waals surface area (Å²) >= 11 is 0. The van der Waals surface area contributed by atoms with Gasteiger partial charge in [-0.05, 0) is 43.5 Å². The summed E-state index contributed by atoms with van der Waals surface area (Å²) in [5.74, 6) is 0.732. The van der Waals surface area contributed by atoms with E-state index >= 15 is 0 Å². The number of amides is 2. The van der Waals surface area contributed by atoms with Gasteiger partial charge in [0.25, 0.3) is 5.91 Å². The number of carbonyl (C=O) groups excluding carboxylic acids is 2. The summed E-state index contributed by atoms with van der Waals surface area (Å²) < 4.78 is 5.59. The molecule has 1 fully saturated rings. The Kier molecular flexibility index (Phi) is 5.86.